The Bertz CT molecular complexity index is 431. The average molecular weight is 342 g/mol. The van der Waals surface area contributed by atoms with E-state index in [0.717, 1.165) is 0 Å². The highest BCUT2D eigenvalue weighted by Gasteiger charge is 2.48. The van der Waals surface area contributed by atoms with E-state index in [-0.39, 0.29) is 30.1 Å². The van der Waals surface area contributed by atoms with Gasteiger partial charge in [-0.05, 0) is 40.7 Å². The molecule has 0 saturated carbocycles. The van der Waals surface area contributed by atoms with Crippen molar-refractivity contribution in [2.24, 2.45) is 11.7 Å². The van der Waals surface area contributed by atoms with Crippen molar-refractivity contribution in [2.45, 2.75) is 70.6 Å². The van der Waals surface area contributed by atoms with Crippen molar-refractivity contribution in [1.29, 1.82) is 0 Å². The molecule has 6 heteroatoms. The van der Waals surface area contributed by atoms with E-state index in [1.807, 2.05) is 32.7 Å². The van der Waals surface area contributed by atoms with Crippen molar-refractivity contribution in [2.75, 3.05) is 20.3 Å². The molecule has 0 amide bonds. The first-order chi connectivity index (χ1) is 11.2. The van der Waals surface area contributed by atoms with Crippen LogP contribution < -0.4 is 5.73 Å². The van der Waals surface area contributed by atoms with Gasteiger partial charge in [0.2, 0.25) is 0 Å². The van der Waals surface area contributed by atoms with E-state index in [1.165, 1.54) is 6.08 Å². The lowest BCUT2D eigenvalue weighted by Gasteiger charge is -2.40. The fourth-order valence-electron chi connectivity index (χ4n) is 3.65. The zero-order valence-electron chi connectivity index (χ0n) is 15.7. The van der Waals surface area contributed by atoms with Gasteiger partial charge in [0.15, 0.2) is 6.29 Å². The van der Waals surface area contributed by atoms with Crippen LogP contribution in [0.4, 0.5) is 0 Å². The minimum Gasteiger partial charge on any atom is -0.384 e. The summed E-state index contributed by atoms with van der Waals surface area (Å²) in [6, 6.07) is -0.927. The van der Waals surface area contributed by atoms with Crippen LogP contribution in [0, 0.1) is 5.92 Å². The Balaban J connectivity index is 2.96. The van der Waals surface area contributed by atoms with Crippen molar-refractivity contribution in [1.82, 2.24) is 4.90 Å². The molecule has 0 spiro atoms. The predicted molar refractivity (Wildman–Crippen MR) is 94.6 cm³/mol. The molecule has 1 unspecified atom stereocenters. The van der Waals surface area contributed by atoms with Crippen molar-refractivity contribution >= 4 is 5.78 Å². The second kappa shape index (κ2) is 9.06. The number of hydrogen-bond acceptors (Lipinski definition) is 6. The number of ketones is 1. The summed E-state index contributed by atoms with van der Waals surface area (Å²) in [6.07, 6.45) is 2.33. The number of likely N-dealkylation sites (tertiary alicyclic amines) is 1. The second-order valence-corrected chi connectivity index (χ2v) is 6.71. The molecule has 140 valence electrons. The third kappa shape index (κ3) is 4.64. The Morgan fingerprint density at radius 2 is 2.12 bits per heavy atom. The zero-order valence-corrected chi connectivity index (χ0v) is 15.7. The van der Waals surface area contributed by atoms with Crippen LogP contribution in [0.1, 0.15) is 40.5 Å². The minimum absolute atomic E-state index is 0.0415. The van der Waals surface area contributed by atoms with E-state index in [1.54, 1.807) is 6.92 Å². The number of nitrogens with two attached hydrogens (primary N) is 1. The van der Waals surface area contributed by atoms with Gasteiger partial charge in [-0.3, -0.25) is 9.69 Å². The summed E-state index contributed by atoms with van der Waals surface area (Å²) in [5.74, 6) is 0.147. The number of hydrogen-bond donors (Lipinski definition) is 2. The molecule has 0 radical (unpaired) electrons. The summed E-state index contributed by atoms with van der Waals surface area (Å²) < 4.78 is 11.2. The molecule has 1 aliphatic rings. The molecular weight excluding hydrogens is 308 g/mol. The molecule has 0 aromatic rings. The standard InChI is InChI=1S/C18H34N2O4/c1-7-18(22,8-2)17(19)16-14(11-24-13(5)23-9-3)10-15(12(4)21)20(16)6/h7,13-17,22H,1,8-11,19H2,2-6H3/t13?,14-,15+,16+,17+,18-/m0/s1. The molecule has 1 heterocycles. The number of ether oxygens (including phenoxy) is 2. The first-order valence-electron chi connectivity index (χ1n) is 8.78. The van der Waals surface area contributed by atoms with Crippen molar-refractivity contribution in [3.63, 3.8) is 0 Å². The highest BCUT2D eigenvalue weighted by atomic mass is 16.7. The molecule has 1 fully saturated rings. The van der Waals surface area contributed by atoms with Gasteiger partial charge in [0.1, 0.15) is 5.78 Å². The van der Waals surface area contributed by atoms with Crippen molar-refractivity contribution < 1.29 is 19.4 Å². The van der Waals surface area contributed by atoms with Crippen LogP contribution in [0.15, 0.2) is 12.7 Å². The van der Waals surface area contributed by atoms with Crippen LogP contribution in [-0.4, -0.2) is 66.1 Å². The Hall–Kier alpha value is -0.790. The van der Waals surface area contributed by atoms with Gasteiger partial charge in [-0.15, -0.1) is 6.58 Å². The fourth-order valence-corrected chi connectivity index (χ4v) is 3.65. The van der Waals surface area contributed by atoms with E-state index in [0.29, 0.717) is 26.1 Å². The summed E-state index contributed by atoms with van der Waals surface area (Å²) in [5, 5.41) is 10.8. The Morgan fingerprint density at radius 3 is 2.58 bits per heavy atom. The molecule has 1 saturated heterocycles. The molecule has 0 aromatic carbocycles. The summed E-state index contributed by atoms with van der Waals surface area (Å²) in [6.45, 7) is 12.0. The summed E-state index contributed by atoms with van der Waals surface area (Å²) in [5.41, 5.74) is 5.25. The van der Waals surface area contributed by atoms with Gasteiger partial charge in [-0.25, -0.2) is 0 Å². The molecular formula is C18H34N2O4. The van der Waals surface area contributed by atoms with E-state index in [2.05, 4.69) is 6.58 Å². The third-order valence-corrected chi connectivity index (χ3v) is 5.25. The lowest BCUT2D eigenvalue weighted by molar-refractivity contribution is -0.138. The molecule has 1 aliphatic heterocycles. The van der Waals surface area contributed by atoms with E-state index >= 15 is 0 Å². The van der Waals surface area contributed by atoms with Gasteiger partial charge >= 0.3 is 0 Å². The normalized spacial score (nSPS) is 29.9. The number of rotatable bonds is 10. The highest BCUT2D eigenvalue weighted by molar-refractivity contribution is 5.81. The maximum absolute atomic E-state index is 12.0. The lowest BCUT2D eigenvalue weighted by Crippen LogP contribution is -2.59. The fraction of sp³-hybridized carbons (Fsp3) is 0.833. The summed E-state index contributed by atoms with van der Waals surface area (Å²) >= 11 is 0. The number of nitrogens with zero attached hydrogens (tertiary/aromatic N) is 1. The van der Waals surface area contributed by atoms with Crippen LogP contribution in [0.2, 0.25) is 0 Å². The van der Waals surface area contributed by atoms with Crippen LogP contribution in [-0.2, 0) is 14.3 Å². The predicted octanol–water partition coefficient (Wildman–Crippen LogP) is 1.32. The van der Waals surface area contributed by atoms with Crippen LogP contribution in [0.25, 0.3) is 0 Å². The zero-order chi connectivity index (χ0) is 18.5. The minimum atomic E-state index is -1.17. The molecule has 24 heavy (non-hydrogen) atoms. The van der Waals surface area contributed by atoms with Crippen molar-refractivity contribution in [3.05, 3.63) is 12.7 Å². The average Bonchev–Trinajstić information content (AvgIpc) is 2.88. The smallest absolute Gasteiger partial charge is 0.154 e. The van der Waals surface area contributed by atoms with Gasteiger partial charge in [-0.2, -0.15) is 0 Å². The van der Waals surface area contributed by atoms with E-state index in [9.17, 15) is 9.90 Å². The van der Waals surface area contributed by atoms with Gasteiger partial charge in [0.05, 0.1) is 24.3 Å². The van der Waals surface area contributed by atoms with Gasteiger partial charge in [0.25, 0.3) is 0 Å². The number of Topliss-reactive ketones (excluding diaryl/α,β-unsaturated/α-hetero) is 1. The van der Waals surface area contributed by atoms with Gasteiger partial charge < -0.3 is 20.3 Å². The highest BCUT2D eigenvalue weighted by Crippen LogP contribution is 2.35. The van der Waals surface area contributed by atoms with Crippen LogP contribution in [0.5, 0.6) is 0 Å². The SMILES string of the molecule is C=C[C@](O)(CC)[C@H](N)[C@H]1[C@H](COC(C)OCC)C[C@H](C(C)=O)N1C. The van der Waals surface area contributed by atoms with Gasteiger partial charge in [0, 0.05) is 18.6 Å². The largest absolute Gasteiger partial charge is 0.384 e. The monoisotopic (exact) mass is 342 g/mol. The first kappa shape index (κ1) is 21.3. The Labute approximate surface area is 146 Å². The molecule has 0 aliphatic carbocycles. The molecule has 0 bridgehead atoms. The topological polar surface area (TPSA) is 85.0 Å². The number of carbonyl (C=O) groups excluding carboxylic acids is 1. The van der Waals surface area contributed by atoms with E-state index < -0.39 is 11.6 Å². The molecule has 1 rings (SSSR count). The molecule has 3 N–H and O–H groups in total. The van der Waals surface area contributed by atoms with Crippen LogP contribution in [0.3, 0.4) is 0 Å². The maximum atomic E-state index is 12.0. The number of likely N-dealkylation sites (N-methyl/N-ethyl adjacent to an activating group) is 1. The quantitative estimate of drug-likeness (QED) is 0.460. The number of carbonyl (C=O) groups is 1. The van der Waals surface area contributed by atoms with Gasteiger partial charge in [-0.1, -0.05) is 13.0 Å². The molecule has 6 nitrogen and oxygen atoms in total. The third-order valence-electron chi connectivity index (χ3n) is 5.25. The molecule has 6 atom stereocenters. The van der Waals surface area contributed by atoms with E-state index in [4.69, 9.17) is 15.2 Å². The second-order valence-electron chi connectivity index (χ2n) is 6.71. The summed E-state index contributed by atoms with van der Waals surface area (Å²) in [4.78, 5) is 14.0. The van der Waals surface area contributed by atoms with Crippen LogP contribution >= 0.6 is 0 Å². The Kier molecular flexibility index (Phi) is 8.02. The first-order valence-corrected chi connectivity index (χ1v) is 8.78. The summed E-state index contributed by atoms with van der Waals surface area (Å²) in [7, 11) is 1.89. The number of aliphatic hydroxyl groups is 1. The Morgan fingerprint density at radius 1 is 1.50 bits per heavy atom. The lowest BCUT2D eigenvalue weighted by atomic mass is 9.82. The van der Waals surface area contributed by atoms with Crippen molar-refractivity contribution in [3.8, 4) is 0 Å². The maximum Gasteiger partial charge on any atom is 0.154 e. The molecule has 0 aromatic heterocycles.